The Morgan fingerprint density at radius 1 is 0.962 bits per heavy atom. The minimum atomic E-state index is -0.217. The maximum Gasteiger partial charge on any atom is 0.313 e. The van der Waals surface area contributed by atoms with Crippen molar-refractivity contribution in [2.24, 2.45) is 5.92 Å². The molecule has 2 aromatic carbocycles. The van der Waals surface area contributed by atoms with Gasteiger partial charge in [0.15, 0.2) is 0 Å². The van der Waals surface area contributed by atoms with Gasteiger partial charge in [0.05, 0.1) is 12.5 Å². The topological polar surface area (TPSA) is 26.3 Å². The van der Waals surface area contributed by atoms with Gasteiger partial charge in [-0.05, 0) is 17.5 Å². The Bertz CT molecular complexity index is 613. The summed E-state index contributed by atoms with van der Waals surface area (Å²) in [5, 5.41) is 0. The quantitative estimate of drug-likeness (QED) is 0.392. The van der Waals surface area contributed by atoms with Crippen LogP contribution in [0.3, 0.4) is 0 Å². The van der Waals surface area contributed by atoms with Crippen LogP contribution in [0, 0.1) is 20.3 Å². The van der Waals surface area contributed by atoms with E-state index < -0.39 is 0 Å². The summed E-state index contributed by atoms with van der Waals surface area (Å²) in [6.07, 6.45) is 1.59. The molecule has 0 saturated carbocycles. The number of carbonyl (C=O) groups excluding carboxylic acids is 1. The van der Waals surface area contributed by atoms with Gasteiger partial charge >= 0.3 is 5.97 Å². The van der Waals surface area contributed by atoms with Crippen molar-refractivity contribution in [1.82, 2.24) is 0 Å². The zero-order valence-corrected chi connectivity index (χ0v) is 19.1. The second-order valence-corrected chi connectivity index (χ2v) is 6.53. The van der Waals surface area contributed by atoms with Crippen molar-refractivity contribution in [3.63, 3.8) is 0 Å². The van der Waals surface area contributed by atoms with Gasteiger partial charge in [-0.25, -0.2) is 0 Å². The van der Waals surface area contributed by atoms with E-state index in [0.29, 0.717) is 12.5 Å². The van der Waals surface area contributed by atoms with Crippen LogP contribution in [-0.4, -0.2) is 12.6 Å². The van der Waals surface area contributed by atoms with Crippen molar-refractivity contribution < 1.29 is 42.2 Å². The second-order valence-electron chi connectivity index (χ2n) is 6.53. The van der Waals surface area contributed by atoms with E-state index in [1.54, 1.807) is 0 Å². The summed E-state index contributed by atoms with van der Waals surface area (Å²) in [6, 6.07) is 20.1. The minimum Gasteiger partial charge on any atom is -0.465 e. The van der Waals surface area contributed by atoms with Gasteiger partial charge < -0.3 is 19.1 Å². The van der Waals surface area contributed by atoms with E-state index in [1.807, 2.05) is 48.5 Å². The molecule has 26 heavy (non-hydrogen) atoms. The summed E-state index contributed by atoms with van der Waals surface area (Å²) in [7, 11) is 0. The Hall–Kier alpha value is -0.986. The first-order chi connectivity index (χ1) is 11.6. The van der Waals surface area contributed by atoms with Crippen LogP contribution in [0.15, 0.2) is 60.7 Å². The first-order valence-corrected chi connectivity index (χ1v) is 8.67. The maximum absolute atomic E-state index is 12.7. The van der Waals surface area contributed by atoms with Crippen molar-refractivity contribution >= 4 is 5.97 Å². The van der Waals surface area contributed by atoms with E-state index in [-0.39, 0.29) is 57.9 Å². The fraction of sp³-hybridized carbons (Fsp3) is 0.348. The van der Waals surface area contributed by atoms with Gasteiger partial charge in [-0.15, -0.1) is 0 Å². The summed E-state index contributed by atoms with van der Waals surface area (Å²) in [6.45, 7) is 8.57. The number of carbonyl (C=O) groups is 1. The predicted octanol–water partition coefficient (Wildman–Crippen LogP) is 5.82. The van der Waals surface area contributed by atoms with Crippen LogP contribution >= 0.6 is 0 Å². The number of hydrogen-bond donors (Lipinski definition) is 0. The van der Waals surface area contributed by atoms with Crippen LogP contribution in [0.4, 0.5) is 0 Å². The zero-order valence-electron chi connectivity index (χ0n) is 16.2. The molecule has 0 N–H and O–H groups in total. The SMILES string of the molecule is [CH2-]CC(C)CC(C(=O)OCC(C)c1ccccc1)c1ccccc1.[CH3-].[Y]. The summed E-state index contributed by atoms with van der Waals surface area (Å²) < 4.78 is 5.66. The Balaban J connectivity index is 0.00000312. The molecular formula is C23H30O2Y-2. The Morgan fingerprint density at radius 2 is 1.46 bits per heavy atom. The fourth-order valence-electron chi connectivity index (χ4n) is 2.76. The van der Waals surface area contributed by atoms with Crippen molar-refractivity contribution in [3.05, 3.63) is 86.1 Å². The van der Waals surface area contributed by atoms with Crippen LogP contribution in [0.25, 0.3) is 0 Å². The third-order valence-electron chi connectivity index (χ3n) is 4.46. The minimum absolute atomic E-state index is 0. The molecular weight excluding hydrogens is 397 g/mol. The molecule has 139 valence electrons. The normalized spacial score (nSPS) is 13.5. The van der Waals surface area contributed by atoms with E-state index in [0.717, 1.165) is 18.4 Å². The standard InChI is InChI=1S/C22H27O2.CH3.Y/c1-4-17(2)15-21(20-13-9-6-10-14-20)22(23)24-16-18(3)19-11-7-5-8-12-19;;/h5-14,17-18,21H,1,4,15-16H2,2-3H3;1H3;/q2*-1;. The first-order valence-electron chi connectivity index (χ1n) is 8.67. The summed E-state index contributed by atoms with van der Waals surface area (Å²) >= 11 is 0. The van der Waals surface area contributed by atoms with Gasteiger partial charge in [0, 0.05) is 38.6 Å². The number of ether oxygens (including phenoxy) is 1. The molecule has 0 spiro atoms. The van der Waals surface area contributed by atoms with Crippen LogP contribution in [0.2, 0.25) is 0 Å². The first kappa shape index (κ1) is 25.0. The van der Waals surface area contributed by atoms with Crippen LogP contribution < -0.4 is 0 Å². The summed E-state index contributed by atoms with van der Waals surface area (Å²) in [4.78, 5) is 12.7. The molecule has 0 heterocycles. The van der Waals surface area contributed by atoms with Crippen LogP contribution in [0.5, 0.6) is 0 Å². The maximum atomic E-state index is 12.7. The molecule has 2 nitrogen and oxygen atoms in total. The second kappa shape index (κ2) is 13.2. The van der Waals surface area contributed by atoms with Gasteiger partial charge in [0.25, 0.3) is 0 Å². The van der Waals surface area contributed by atoms with Crippen LogP contribution in [0.1, 0.15) is 49.7 Å². The predicted molar refractivity (Wildman–Crippen MR) is 105 cm³/mol. The van der Waals surface area contributed by atoms with Gasteiger partial charge in [-0.3, -0.25) is 4.79 Å². The largest absolute Gasteiger partial charge is 0.465 e. The molecule has 0 aromatic heterocycles. The van der Waals surface area contributed by atoms with Gasteiger partial charge in [0.2, 0.25) is 0 Å². The molecule has 2 rings (SSSR count). The van der Waals surface area contributed by atoms with E-state index in [9.17, 15) is 4.79 Å². The molecule has 1 radical (unpaired) electrons. The van der Waals surface area contributed by atoms with Crippen molar-refractivity contribution in [3.8, 4) is 0 Å². The number of benzene rings is 2. The third kappa shape index (κ3) is 7.72. The van der Waals surface area contributed by atoms with Crippen molar-refractivity contribution in [2.45, 2.75) is 38.5 Å². The number of esters is 1. The Kier molecular flexibility index (Phi) is 12.7. The molecule has 0 amide bonds. The fourth-order valence-corrected chi connectivity index (χ4v) is 2.76. The molecule has 0 aliphatic rings. The average molecular weight is 427 g/mol. The molecule has 3 heteroatoms. The molecule has 3 unspecified atom stereocenters. The molecule has 0 fully saturated rings. The smallest absolute Gasteiger partial charge is 0.313 e. The monoisotopic (exact) mass is 427 g/mol. The van der Waals surface area contributed by atoms with Crippen molar-refractivity contribution in [1.29, 1.82) is 0 Å². The van der Waals surface area contributed by atoms with E-state index in [2.05, 4.69) is 32.9 Å². The van der Waals surface area contributed by atoms with Gasteiger partial charge in [-0.2, -0.15) is 6.42 Å². The molecule has 0 saturated heterocycles. The van der Waals surface area contributed by atoms with Crippen LogP contribution in [-0.2, 0) is 42.2 Å². The average Bonchev–Trinajstić information content (AvgIpc) is 2.65. The Morgan fingerprint density at radius 3 is 1.96 bits per heavy atom. The van der Waals surface area contributed by atoms with E-state index in [1.165, 1.54) is 5.56 Å². The van der Waals surface area contributed by atoms with E-state index in [4.69, 9.17) is 4.74 Å². The molecule has 0 aliphatic heterocycles. The van der Waals surface area contributed by atoms with Gasteiger partial charge in [0.1, 0.15) is 0 Å². The van der Waals surface area contributed by atoms with E-state index >= 15 is 0 Å². The number of rotatable bonds is 8. The number of hydrogen-bond acceptors (Lipinski definition) is 2. The summed E-state index contributed by atoms with van der Waals surface area (Å²) in [5.41, 5.74) is 2.21. The van der Waals surface area contributed by atoms with Crippen molar-refractivity contribution in [2.75, 3.05) is 6.61 Å². The Labute approximate surface area is 184 Å². The molecule has 3 atom stereocenters. The molecule has 0 bridgehead atoms. The zero-order chi connectivity index (χ0) is 17.4. The third-order valence-corrected chi connectivity index (χ3v) is 4.46. The molecule has 2 aromatic rings. The summed E-state index contributed by atoms with van der Waals surface area (Å²) in [5.74, 6) is 0.223. The van der Waals surface area contributed by atoms with Gasteiger partial charge in [-0.1, -0.05) is 80.4 Å². The molecule has 0 aliphatic carbocycles.